The molecule has 4 nitrogen and oxygen atoms in total. The molecule has 0 bridgehead atoms. The highest BCUT2D eigenvalue weighted by atomic mass is 35.5. The molecule has 22 heavy (non-hydrogen) atoms. The summed E-state index contributed by atoms with van der Waals surface area (Å²) in [5.41, 5.74) is 4.38. The smallest absolute Gasteiger partial charge is 0.188 e. The molecule has 2 heterocycles. The molecule has 2 N–H and O–H groups in total. The number of nitrogens with zero attached hydrogens (tertiary/aromatic N) is 2. The molecule has 3 aromatic rings. The molecular formula is C16H15ClN4S. The van der Waals surface area contributed by atoms with E-state index < -0.39 is 0 Å². The highest BCUT2D eigenvalue weighted by molar-refractivity contribution is 7.14. The van der Waals surface area contributed by atoms with Crippen LogP contribution in [-0.4, -0.2) is 17.0 Å². The van der Waals surface area contributed by atoms with Gasteiger partial charge >= 0.3 is 0 Å². The SMILES string of the molecule is CNc1ccc(-c2csc(Nc3ccc(Cl)cn3)n2)c(C)c1. The quantitative estimate of drug-likeness (QED) is 0.710. The normalized spacial score (nSPS) is 10.5. The van der Waals surface area contributed by atoms with E-state index >= 15 is 0 Å². The molecule has 0 radical (unpaired) electrons. The predicted octanol–water partition coefficient (Wildman–Crippen LogP) is 4.95. The number of hydrogen-bond donors (Lipinski definition) is 2. The van der Waals surface area contributed by atoms with Crippen LogP contribution in [0.4, 0.5) is 16.6 Å². The monoisotopic (exact) mass is 330 g/mol. The lowest BCUT2D eigenvalue weighted by Crippen LogP contribution is -1.93. The minimum absolute atomic E-state index is 0.616. The first-order valence-corrected chi connectivity index (χ1v) is 8.04. The van der Waals surface area contributed by atoms with E-state index in [-0.39, 0.29) is 0 Å². The fourth-order valence-electron chi connectivity index (χ4n) is 2.12. The third-order valence-electron chi connectivity index (χ3n) is 3.26. The van der Waals surface area contributed by atoms with Crippen molar-refractivity contribution in [1.29, 1.82) is 0 Å². The van der Waals surface area contributed by atoms with Gasteiger partial charge in [-0.1, -0.05) is 17.7 Å². The summed E-state index contributed by atoms with van der Waals surface area (Å²) in [4.78, 5) is 8.84. The van der Waals surface area contributed by atoms with Crippen LogP contribution in [0.1, 0.15) is 5.56 Å². The van der Waals surface area contributed by atoms with E-state index in [0.717, 1.165) is 27.9 Å². The average Bonchev–Trinajstić information content (AvgIpc) is 2.97. The molecule has 0 spiro atoms. The van der Waals surface area contributed by atoms with Gasteiger partial charge in [-0.25, -0.2) is 9.97 Å². The van der Waals surface area contributed by atoms with Crippen molar-refractivity contribution in [3.05, 3.63) is 52.5 Å². The third-order valence-corrected chi connectivity index (χ3v) is 4.24. The lowest BCUT2D eigenvalue weighted by molar-refractivity contribution is 1.28. The highest BCUT2D eigenvalue weighted by Gasteiger charge is 2.08. The van der Waals surface area contributed by atoms with Crippen LogP contribution in [-0.2, 0) is 0 Å². The van der Waals surface area contributed by atoms with Crippen molar-refractivity contribution < 1.29 is 0 Å². The van der Waals surface area contributed by atoms with Gasteiger partial charge in [-0.3, -0.25) is 0 Å². The standard InChI is InChI=1S/C16H15ClN4S/c1-10-7-12(18-2)4-5-13(10)14-9-22-16(20-14)21-15-6-3-11(17)8-19-15/h3-9,18H,1-2H3,(H,19,20,21). The molecule has 0 amide bonds. The van der Waals surface area contributed by atoms with Crippen molar-refractivity contribution in [3.63, 3.8) is 0 Å². The topological polar surface area (TPSA) is 49.8 Å². The van der Waals surface area contributed by atoms with Crippen LogP contribution in [0.15, 0.2) is 41.9 Å². The number of hydrogen-bond acceptors (Lipinski definition) is 5. The second kappa shape index (κ2) is 6.34. The van der Waals surface area contributed by atoms with Crippen molar-refractivity contribution in [3.8, 4) is 11.3 Å². The Morgan fingerprint density at radius 2 is 2.05 bits per heavy atom. The lowest BCUT2D eigenvalue weighted by atomic mass is 10.1. The van der Waals surface area contributed by atoms with Gasteiger partial charge < -0.3 is 10.6 Å². The van der Waals surface area contributed by atoms with E-state index in [4.69, 9.17) is 11.6 Å². The average molecular weight is 331 g/mol. The Kier molecular flexibility index (Phi) is 4.27. The van der Waals surface area contributed by atoms with Gasteiger partial charge in [-0.15, -0.1) is 11.3 Å². The first-order valence-electron chi connectivity index (χ1n) is 6.78. The molecule has 0 saturated carbocycles. The van der Waals surface area contributed by atoms with Crippen molar-refractivity contribution >= 4 is 39.6 Å². The van der Waals surface area contributed by atoms with Gasteiger partial charge in [0.2, 0.25) is 0 Å². The molecule has 3 rings (SSSR count). The summed E-state index contributed by atoms with van der Waals surface area (Å²) in [5, 5.41) is 9.79. The van der Waals surface area contributed by atoms with Crippen LogP contribution in [0.5, 0.6) is 0 Å². The van der Waals surface area contributed by atoms with E-state index in [0.29, 0.717) is 5.02 Å². The second-order valence-corrected chi connectivity index (χ2v) is 6.10. The molecule has 112 valence electrons. The van der Waals surface area contributed by atoms with Gasteiger partial charge in [0.05, 0.1) is 10.7 Å². The minimum atomic E-state index is 0.616. The van der Waals surface area contributed by atoms with Crippen LogP contribution in [0.3, 0.4) is 0 Å². The number of nitrogens with one attached hydrogen (secondary N) is 2. The maximum atomic E-state index is 5.83. The largest absolute Gasteiger partial charge is 0.388 e. The van der Waals surface area contributed by atoms with Crippen LogP contribution in [0, 0.1) is 6.92 Å². The Hall–Kier alpha value is -2.11. The first kappa shape index (κ1) is 14.8. The second-order valence-electron chi connectivity index (χ2n) is 4.80. The van der Waals surface area contributed by atoms with Crippen LogP contribution in [0.2, 0.25) is 5.02 Å². The van der Waals surface area contributed by atoms with Gasteiger partial charge in [-0.05, 0) is 36.8 Å². The summed E-state index contributed by atoms with van der Waals surface area (Å²) in [6.07, 6.45) is 1.61. The molecule has 2 aromatic heterocycles. The number of anilines is 3. The molecule has 0 saturated heterocycles. The van der Waals surface area contributed by atoms with E-state index in [1.54, 1.807) is 23.6 Å². The summed E-state index contributed by atoms with van der Waals surface area (Å²) < 4.78 is 0. The fourth-order valence-corrected chi connectivity index (χ4v) is 2.95. The van der Waals surface area contributed by atoms with E-state index in [1.165, 1.54) is 5.56 Å². The zero-order valence-corrected chi connectivity index (χ0v) is 13.8. The Morgan fingerprint density at radius 1 is 1.18 bits per heavy atom. The number of rotatable bonds is 4. The molecule has 0 aliphatic rings. The Bertz CT molecular complexity index is 783. The fraction of sp³-hybridized carbons (Fsp3) is 0.125. The maximum absolute atomic E-state index is 5.83. The zero-order valence-electron chi connectivity index (χ0n) is 12.2. The molecule has 0 atom stereocenters. The Morgan fingerprint density at radius 3 is 2.73 bits per heavy atom. The Balaban J connectivity index is 1.83. The third kappa shape index (κ3) is 3.21. The first-order chi connectivity index (χ1) is 10.7. The van der Waals surface area contributed by atoms with Gasteiger partial charge in [0.1, 0.15) is 5.82 Å². The molecule has 0 aliphatic heterocycles. The van der Waals surface area contributed by atoms with Gasteiger partial charge in [0, 0.05) is 29.9 Å². The number of pyridine rings is 1. The molecular weight excluding hydrogens is 316 g/mol. The van der Waals surface area contributed by atoms with Crippen molar-refractivity contribution in [2.75, 3.05) is 17.7 Å². The van der Waals surface area contributed by atoms with Gasteiger partial charge in [0.25, 0.3) is 0 Å². The molecule has 0 unspecified atom stereocenters. The summed E-state index contributed by atoms with van der Waals surface area (Å²) in [6, 6.07) is 9.88. The zero-order chi connectivity index (χ0) is 15.5. The van der Waals surface area contributed by atoms with Crippen molar-refractivity contribution in [2.45, 2.75) is 6.92 Å². The van der Waals surface area contributed by atoms with E-state index in [2.05, 4.69) is 45.7 Å². The summed E-state index contributed by atoms with van der Waals surface area (Å²) in [6.45, 7) is 2.09. The number of benzene rings is 1. The molecule has 0 fully saturated rings. The summed E-state index contributed by atoms with van der Waals surface area (Å²) >= 11 is 7.38. The summed E-state index contributed by atoms with van der Waals surface area (Å²) in [7, 11) is 1.92. The van der Waals surface area contributed by atoms with Gasteiger partial charge in [0.15, 0.2) is 5.13 Å². The Labute approximate surface area is 138 Å². The van der Waals surface area contributed by atoms with Crippen molar-refractivity contribution in [2.24, 2.45) is 0 Å². The molecule has 6 heteroatoms. The lowest BCUT2D eigenvalue weighted by Gasteiger charge is -2.06. The number of halogens is 1. The minimum Gasteiger partial charge on any atom is -0.388 e. The van der Waals surface area contributed by atoms with Gasteiger partial charge in [-0.2, -0.15) is 0 Å². The molecule has 0 aliphatic carbocycles. The van der Waals surface area contributed by atoms with Crippen LogP contribution in [0.25, 0.3) is 11.3 Å². The van der Waals surface area contributed by atoms with E-state index in [9.17, 15) is 0 Å². The maximum Gasteiger partial charge on any atom is 0.188 e. The molecule has 1 aromatic carbocycles. The van der Waals surface area contributed by atoms with Crippen LogP contribution < -0.4 is 10.6 Å². The summed E-state index contributed by atoms with van der Waals surface area (Å²) in [5.74, 6) is 0.729. The van der Waals surface area contributed by atoms with Crippen molar-refractivity contribution in [1.82, 2.24) is 9.97 Å². The van der Waals surface area contributed by atoms with Crippen LogP contribution >= 0.6 is 22.9 Å². The van der Waals surface area contributed by atoms with E-state index in [1.807, 2.05) is 18.5 Å². The number of aryl methyl sites for hydroxylation is 1. The number of aromatic nitrogens is 2. The highest BCUT2D eigenvalue weighted by Crippen LogP contribution is 2.30. The predicted molar refractivity (Wildman–Crippen MR) is 94.4 cm³/mol. The number of thiazole rings is 1.